The molecule has 9 heteroatoms. The maximum absolute atomic E-state index is 13.3. The van der Waals surface area contributed by atoms with E-state index in [1.54, 1.807) is 12.1 Å². The van der Waals surface area contributed by atoms with Crippen LogP contribution in [0, 0.1) is 29.1 Å². The molecular weight excluding hydrogens is 577 g/mol. The Morgan fingerprint density at radius 2 is 1.85 bits per heavy atom. The second kappa shape index (κ2) is 14.1. The van der Waals surface area contributed by atoms with E-state index in [0.717, 1.165) is 33.4 Å². The lowest BCUT2D eigenvalue weighted by atomic mass is 9.86. The zero-order valence-electron chi connectivity index (χ0n) is 22.8. The molecule has 0 radical (unpaired) electrons. The maximum Gasteiger partial charge on any atom is 0.194 e. The fraction of sp³-hybridized carbons (Fsp3) is 0.344. The summed E-state index contributed by atoms with van der Waals surface area (Å²) in [6, 6.07) is 15.2. The highest BCUT2D eigenvalue weighted by atomic mass is 35.5. The normalized spacial score (nSPS) is 17.9. The third-order valence-electron chi connectivity index (χ3n) is 7.18. The first-order valence-electron chi connectivity index (χ1n) is 13.5. The van der Waals surface area contributed by atoms with E-state index in [0.29, 0.717) is 54.5 Å². The van der Waals surface area contributed by atoms with Gasteiger partial charge in [-0.25, -0.2) is 8.42 Å². The van der Waals surface area contributed by atoms with Crippen molar-refractivity contribution in [1.82, 2.24) is 5.32 Å². The third kappa shape index (κ3) is 8.41. The number of halogens is 2. The number of allylic oxidation sites excluding steroid dienone is 1. The van der Waals surface area contributed by atoms with Gasteiger partial charge in [-0.3, -0.25) is 9.79 Å². The van der Waals surface area contributed by atoms with Crippen molar-refractivity contribution in [2.24, 2.45) is 10.9 Å². The number of carbonyl (C=O) groups is 1. The summed E-state index contributed by atoms with van der Waals surface area (Å²) in [5.41, 5.74) is 5.62. The summed E-state index contributed by atoms with van der Waals surface area (Å²) in [7, 11) is -2.92. The quantitative estimate of drug-likeness (QED) is 0.295. The van der Waals surface area contributed by atoms with Crippen molar-refractivity contribution >= 4 is 56.2 Å². The first-order chi connectivity index (χ1) is 19.7. The Labute approximate surface area is 252 Å². The number of sulfone groups is 1. The van der Waals surface area contributed by atoms with Gasteiger partial charge in [0.2, 0.25) is 0 Å². The van der Waals surface area contributed by atoms with Crippen LogP contribution in [-0.4, -0.2) is 51.1 Å². The summed E-state index contributed by atoms with van der Waals surface area (Å²) < 4.78 is 23.4. The Morgan fingerprint density at radius 3 is 2.54 bits per heavy atom. The van der Waals surface area contributed by atoms with Crippen molar-refractivity contribution in [2.75, 3.05) is 31.1 Å². The Bertz CT molecular complexity index is 1610. The molecule has 0 saturated carbocycles. The van der Waals surface area contributed by atoms with Crippen molar-refractivity contribution in [2.45, 2.75) is 32.6 Å². The molecule has 0 amide bonds. The van der Waals surface area contributed by atoms with Gasteiger partial charge < -0.3 is 5.32 Å². The van der Waals surface area contributed by atoms with Crippen LogP contribution >= 0.6 is 23.2 Å². The van der Waals surface area contributed by atoms with Crippen molar-refractivity contribution in [3.05, 3.63) is 80.3 Å². The fourth-order valence-corrected chi connectivity index (χ4v) is 7.02. The minimum atomic E-state index is -2.92. The number of hydrogen-bond donors (Lipinski definition) is 1. The first-order valence-corrected chi connectivity index (χ1v) is 16.1. The molecule has 0 atom stereocenters. The van der Waals surface area contributed by atoms with E-state index in [9.17, 15) is 13.2 Å². The predicted octanol–water partition coefficient (Wildman–Crippen LogP) is 5.94. The lowest BCUT2D eigenvalue weighted by Gasteiger charge is -2.23. The van der Waals surface area contributed by atoms with Crippen molar-refractivity contribution in [1.29, 1.82) is 5.26 Å². The molecule has 0 bridgehead atoms. The van der Waals surface area contributed by atoms with Crippen LogP contribution in [0.25, 0.3) is 11.6 Å². The number of aliphatic imine (C=N–C) groups is 1. The largest absolute Gasteiger partial charge is 0.309 e. The number of hydrogen-bond acceptors (Lipinski definition) is 6. The van der Waals surface area contributed by atoms with E-state index < -0.39 is 9.84 Å². The first kappa shape index (κ1) is 30.8. The van der Waals surface area contributed by atoms with Crippen LogP contribution in [0.4, 0.5) is 0 Å². The number of ketones is 1. The van der Waals surface area contributed by atoms with Crippen LogP contribution in [0.2, 0.25) is 10.0 Å². The standard InChI is InChI=1S/C32H31Cl2N3O3S/c1-22-31(25-8-6-23(7-9-25)5-3-2-4-14-35)27(17-26-10-11-28(33)18-29(26)34)20-37-32(22)30(38)21-36-19-24-12-15-41(39,40)16-13-24/h6-11,17-18,24,36H,2,4,12-13,15-16,19-21H2,1H3/b27-17-. The molecule has 2 aliphatic rings. The summed E-state index contributed by atoms with van der Waals surface area (Å²) in [5, 5.41) is 13.0. The Balaban J connectivity index is 1.58. The van der Waals surface area contributed by atoms with Crippen LogP contribution in [0.15, 0.2) is 58.6 Å². The number of nitrogens with zero attached hydrogens (tertiary/aromatic N) is 2. The van der Waals surface area contributed by atoms with Crippen molar-refractivity contribution < 1.29 is 13.2 Å². The number of nitrogens with one attached hydrogen (secondary N) is 1. The van der Waals surface area contributed by atoms with Crippen LogP contribution < -0.4 is 5.32 Å². The minimum absolute atomic E-state index is 0.105. The monoisotopic (exact) mass is 607 g/mol. The molecule has 0 spiro atoms. The topological polar surface area (TPSA) is 99.4 Å². The zero-order valence-corrected chi connectivity index (χ0v) is 25.2. The highest BCUT2D eigenvalue weighted by Crippen LogP contribution is 2.34. The molecule has 4 rings (SSSR count). The molecule has 6 nitrogen and oxygen atoms in total. The summed E-state index contributed by atoms with van der Waals surface area (Å²) in [4.78, 5) is 18.0. The molecule has 2 heterocycles. The molecule has 0 aliphatic carbocycles. The van der Waals surface area contributed by atoms with Gasteiger partial charge in [0, 0.05) is 28.5 Å². The molecule has 41 heavy (non-hydrogen) atoms. The van der Waals surface area contributed by atoms with Gasteiger partial charge in [-0.1, -0.05) is 53.2 Å². The van der Waals surface area contributed by atoms with E-state index in [1.807, 2.05) is 43.3 Å². The number of nitriles is 1. The Hall–Kier alpha value is -3.20. The summed E-state index contributed by atoms with van der Waals surface area (Å²) in [5.74, 6) is 6.65. The van der Waals surface area contributed by atoms with Gasteiger partial charge in [0.25, 0.3) is 0 Å². The SMILES string of the molecule is CC1=C(c2ccc(C#CCCC#N)cc2)/C(=C\c2ccc(Cl)cc2Cl)CN=C1C(=O)CNCC1CCS(=O)(=O)CC1. The summed E-state index contributed by atoms with van der Waals surface area (Å²) in [6.45, 7) is 2.94. The zero-order chi connectivity index (χ0) is 29.4. The molecule has 212 valence electrons. The molecule has 1 saturated heterocycles. The molecule has 2 aliphatic heterocycles. The average Bonchev–Trinajstić information content (AvgIpc) is 2.94. The lowest BCUT2D eigenvalue weighted by molar-refractivity contribution is -0.112. The Kier molecular flexibility index (Phi) is 10.6. The Morgan fingerprint density at radius 1 is 1.12 bits per heavy atom. The van der Waals surface area contributed by atoms with E-state index in [2.05, 4.69) is 28.2 Å². The number of carbonyl (C=O) groups excluding carboxylic acids is 1. The second-order valence-electron chi connectivity index (χ2n) is 10.2. The van der Waals surface area contributed by atoms with Gasteiger partial charge in [-0.15, -0.1) is 0 Å². The molecular formula is C32H31Cl2N3O3S. The summed E-state index contributed by atoms with van der Waals surface area (Å²) >= 11 is 12.6. The van der Waals surface area contributed by atoms with Crippen LogP contribution in [0.3, 0.4) is 0 Å². The second-order valence-corrected chi connectivity index (χ2v) is 13.3. The van der Waals surface area contributed by atoms with Gasteiger partial charge in [0.05, 0.1) is 30.7 Å². The van der Waals surface area contributed by atoms with Crippen LogP contribution in [-0.2, 0) is 14.6 Å². The molecule has 1 fully saturated rings. The number of Topliss-reactive ketones (excluding diaryl/α,β-unsaturated/α-hetero) is 1. The number of unbranched alkanes of at least 4 members (excludes halogenated alkanes) is 1. The van der Waals surface area contributed by atoms with Gasteiger partial charge in [0.1, 0.15) is 15.5 Å². The average molecular weight is 609 g/mol. The van der Waals surface area contributed by atoms with E-state index in [4.69, 9.17) is 28.5 Å². The lowest BCUT2D eigenvalue weighted by Crippen LogP contribution is -2.36. The number of rotatable bonds is 8. The van der Waals surface area contributed by atoms with Gasteiger partial charge >= 0.3 is 0 Å². The highest BCUT2D eigenvalue weighted by Gasteiger charge is 2.26. The van der Waals surface area contributed by atoms with Crippen LogP contribution in [0.1, 0.15) is 49.3 Å². The fourth-order valence-electron chi connectivity index (χ4n) is 4.96. The van der Waals surface area contributed by atoms with Gasteiger partial charge in [-0.05, 0) is 90.4 Å². The number of dihydropyridines is 1. The van der Waals surface area contributed by atoms with Crippen LogP contribution in [0.5, 0.6) is 0 Å². The van der Waals surface area contributed by atoms with Crippen molar-refractivity contribution in [3.63, 3.8) is 0 Å². The smallest absolute Gasteiger partial charge is 0.194 e. The molecule has 2 aromatic rings. The predicted molar refractivity (Wildman–Crippen MR) is 167 cm³/mol. The number of benzene rings is 2. The van der Waals surface area contributed by atoms with E-state index >= 15 is 0 Å². The summed E-state index contributed by atoms with van der Waals surface area (Å²) in [6.07, 6.45) is 4.13. The highest BCUT2D eigenvalue weighted by molar-refractivity contribution is 7.91. The molecule has 0 unspecified atom stereocenters. The van der Waals surface area contributed by atoms with Gasteiger partial charge in [-0.2, -0.15) is 5.26 Å². The minimum Gasteiger partial charge on any atom is -0.309 e. The molecule has 1 N–H and O–H groups in total. The van der Waals surface area contributed by atoms with E-state index in [1.165, 1.54) is 0 Å². The van der Waals surface area contributed by atoms with Gasteiger partial charge in [0.15, 0.2) is 5.78 Å². The van der Waals surface area contributed by atoms with Crippen molar-refractivity contribution in [3.8, 4) is 17.9 Å². The molecule has 2 aromatic carbocycles. The maximum atomic E-state index is 13.3. The van der Waals surface area contributed by atoms with E-state index in [-0.39, 0.29) is 29.8 Å². The molecule has 0 aromatic heterocycles. The third-order valence-corrected chi connectivity index (χ3v) is 9.45.